The monoisotopic (exact) mass is 1150 g/mol. The molecule has 2 aliphatic heterocycles. The fourth-order valence-corrected chi connectivity index (χ4v) is 9.14. The molecule has 0 aromatic heterocycles. The first-order chi connectivity index (χ1) is 40.1. The van der Waals surface area contributed by atoms with Crippen molar-refractivity contribution in [2.24, 2.45) is 0 Å². The van der Waals surface area contributed by atoms with Crippen molar-refractivity contribution < 1.29 is 64.6 Å². The minimum atomic E-state index is -1.80. The molecule has 0 radical (unpaired) electrons. The van der Waals surface area contributed by atoms with Crippen LogP contribution in [0.2, 0.25) is 0 Å². The molecule has 1 amide bonds. The maximum atomic E-state index is 13.2. The number of aliphatic hydroxyl groups is 8. The molecule has 2 heterocycles. The van der Waals surface area contributed by atoms with Crippen molar-refractivity contribution in [1.82, 2.24) is 5.32 Å². The van der Waals surface area contributed by atoms with Gasteiger partial charge < -0.3 is 65.1 Å². The van der Waals surface area contributed by atoms with E-state index in [0.29, 0.717) is 12.8 Å². The van der Waals surface area contributed by atoms with Crippen molar-refractivity contribution in [3.8, 4) is 0 Å². The number of hydrogen-bond donors (Lipinski definition) is 9. The number of unbranched alkanes of at least 4 members (excludes halogenated alkanes) is 13. The molecule has 0 aliphatic carbocycles. The Labute approximate surface area is 493 Å². The highest BCUT2D eigenvalue weighted by atomic mass is 16.7. The van der Waals surface area contributed by atoms with Gasteiger partial charge in [0.15, 0.2) is 12.6 Å². The molecule has 464 valence electrons. The van der Waals surface area contributed by atoms with Crippen LogP contribution in [-0.4, -0.2) is 140 Å². The minimum absolute atomic E-state index is 0.256. The maximum Gasteiger partial charge on any atom is 0.220 e. The molecule has 82 heavy (non-hydrogen) atoms. The second-order valence-electron chi connectivity index (χ2n) is 21.1. The van der Waals surface area contributed by atoms with E-state index in [1.54, 1.807) is 6.08 Å². The summed E-state index contributed by atoms with van der Waals surface area (Å²) in [5.41, 5.74) is 0. The number of carbonyl (C=O) groups is 1. The van der Waals surface area contributed by atoms with Crippen molar-refractivity contribution in [2.45, 2.75) is 254 Å². The Hall–Kier alpha value is -4.13. The molecule has 9 N–H and O–H groups in total. The lowest BCUT2D eigenvalue weighted by molar-refractivity contribution is -0.359. The third-order valence-electron chi connectivity index (χ3n) is 14.1. The molecule has 14 heteroatoms. The number of carbonyl (C=O) groups excluding carboxylic acids is 1. The Bertz CT molecular complexity index is 1930. The number of aliphatic hydroxyl groups excluding tert-OH is 8. The van der Waals surface area contributed by atoms with Gasteiger partial charge in [0.1, 0.15) is 48.8 Å². The Morgan fingerprint density at radius 1 is 0.463 bits per heavy atom. The molecule has 2 fully saturated rings. The summed E-state index contributed by atoms with van der Waals surface area (Å²) in [7, 11) is 0. The van der Waals surface area contributed by atoms with Crippen LogP contribution in [0.4, 0.5) is 0 Å². The summed E-state index contributed by atoms with van der Waals surface area (Å²) in [5, 5.41) is 86.8. The van der Waals surface area contributed by atoms with Gasteiger partial charge in [-0.25, -0.2) is 0 Å². The zero-order valence-corrected chi connectivity index (χ0v) is 49.9. The standard InChI is InChI=1S/C68H109NO13/c1-3-5-7-9-11-13-14-15-16-17-18-19-20-21-22-23-24-25-26-27-28-29-30-31-32-33-34-35-36-37-38-39-40-41-42-44-46-48-50-52-60(73)69-56(57(72)51-49-47-45-43-12-10-8-6-4-2)55-79-67-65(78)63(76)66(59(54-71)81-67)82-68-64(77)62(75)61(74)58(53-70)80-68/h4-7,11-13,15-16,18-19,21-22,24-25,27-28,30-31,33-34,43,49,51,56-59,61-68,70-72,74-78H,3,8-10,14,17,20,23,26,29,32,35-42,44-48,50,52-55H2,1-2H3,(H,69,73)/b6-4+,7-5-,13-11-,16-15-,19-18-,22-21-,25-24-,28-27-,31-30-,34-33-,43-12+,51-49+. The molecule has 0 spiro atoms. The SMILES string of the molecule is C/C=C/CC/C=C/CC/C=C/C(O)C(COC1OC(CO)C(OC2OC(CO)C(O)C(O)C2O)C(O)C1O)NC(=O)CCCCCCCCCCCCC/C=C\C/C=C\C/C=C\C/C=C\C/C=C\C/C=C\C/C=C\C/C=C\C/C=C\CC. The van der Waals surface area contributed by atoms with Crippen LogP contribution in [0.1, 0.15) is 181 Å². The Balaban J connectivity index is 1.59. The minimum Gasteiger partial charge on any atom is -0.394 e. The maximum absolute atomic E-state index is 13.2. The summed E-state index contributed by atoms with van der Waals surface area (Å²) < 4.78 is 22.7. The van der Waals surface area contributed by atoms with Crippen molar-refractivity contribution in [3.63, 3.8) is 0 Å². The molecule has 0 aromatic rings. The molecule has 14 nitrogen and oxygen atoms in total. The molecule has 2 saturated heterocycles. The van der Waals surface area contributed by atoms with Crippen LogP contribution in [0.15, 0.2) is 146 Å². The van der Waals surface area contributed by atoms with Crippen molar-refractivity contribution in [1.29, 1.82) is 0 Å². The van der Waals surface area contributed by atoms with E-state index in [9.17, 15) is 45.6 Å². The van der Waals surface area contributed by atoms with Crippen LogP contribution in [-0.2, 0) is 23.7 Å². The molecule has 0 bridgehead atoms. The van der Waals surface area contributed by atoms with Gasteiger partial charge in [-0.3, -0.25) is 4.79 Å². The summed E-state index contributed by atoms with van der Waals surface area (Å²) in [4.78, 5) is 13.2. The molecular weight excluding hydrogens is 1040 g/mol. The lowest BCUT2D eigenvalue weighted by atomic mass is 9.97. The molecule has 2 aliphatic rings. The Morgan fingerprint density at radius 2 is 0.866 bits per heavy atom. The number of allylic oxidation sites excluding steroid dienone is 23. The number of rotatable bonds is 47. The van der Waals surface area contributed by atoms with Crippen molar-refractivity contribution >= 4 is 5.91 Å². The summed E-state index contributed by atoms with van der Waals surface area (Å²) in [6, 6.07) is -0.947. The average molecular weight is 1150 g/mol. The predicted molar refractivity (Wildman–Crippen MR) is 331 cm³/mol. The first kappa shape index (κ1) is 74.0. The summed E-state index contributed by atoms with van der Waals surface area (Å²) >= 11 is 0. The predicted octanol–water partition coefficient (Wildman–Crippen LogP) is 11.3. The van der Waals surface area contributed by atoms with E-state index >= 15 is 0 Å². The lowest BCUT2D eigenvalue weighted by Crippen LogP contribution is -2.65. The van der Waals surface area contributed by atoms with Crippen LogP contribution in [0.5, 0.6) is 0 Å². The van der Waals surface area contributed by atoms with Gasteiger partial charge in [-0.15, -0.1) is 0 Å². The van der Waals surface area contributed by atoms with E-state index in [4.69, 9.17) is 18.9 Å². The van der Waals surface area contributed by atoms with Gasteiger partial charge in [-0.1, -0.05) is 211 Å². The third-order valence-corrected chi connectivity index (χ3v) is 14.1. The van der Waals surface area contributed by atoms with E-state index in [0.717, 1.165) is 103 Å². The van der Waals surface area contributed by atoms with Gasteiger partial charge in [0.2, 0.25) is 5.91 Å². The fourth-order valence-electron chi connectivity index (χ4n) is 9.14. The first-order valence-electron chi connectivity index (χ1n) is 31.0. The second kappa shape index (κ2) is 51.3. The lowest BCUT2D eigenvalue weighted by Gasteiger charge is -2.46. The molecule has 2 rings (SSSR count). The average Bonchev–Trinajstić information content (AvgIpc) is 3.24. The number of nitrogens with one attached hydrogen (secondary N) is 1. The van der Waals surface area contributed by atoms with E-state index < -0.39 is 86.8 Å². The molecule has 12 unspecified atom stereocenters. The highest BCUT2D eigenvalue weighted by molar-refractivity contribution is 5.76. The number of amides is 1. The second-order valence-corrected chi connectivity index (χ2v) is 21.1. The van der Waals surface area contributed by atoms with Crippen LogP contribution < -0.4 is 5.32 Å². The van der Waals surface area contributed by atoms with Crippen LogP contribution >= 0.6 is 0 Å². The van der Waals surface area contributed by atoms with Crippen molar-refractivity contribution in [3.05, 3.63) is 146 Å². The largest absolute Gasteiger partial charge is 0.394 e. The molecule has 0 aromatic carbocycles. The van der Waals surface area contributed by atoms with Crippen LogP contribution in [0.3, 0.4) is 0 Å². The molecule has 0 saturated carbocycles. The molecular formula is C68H109NO13. The number of hydrogen-bond acceptors (Lipinski definition) is 13. The van der Waals surface area contributed by atoms with Gasteiger partial charge in [0, 0.05) is 6.42 Å². The Morgan fingerprint density at radius 3 is 1.34 bits per heavy atom. The van der Waals surface area contributed by atoms with E-state index in [1.165, 1.54) is 44.9 Å². The smallest absolute Gasteiger partial charge is 0.220 e. The van der Waals surface area contributed by atoms with Gasteiger partial charge in [-0.05, 0) is 110 Å². The summed E-state index contributed by atoms with van der Waals surface area (Å²) in [5.74, 6) is -0.267. The van der Waals surface area contributed by atoms with Gasteiger partial charge in [0.05, 0.1) is 32.0 Å². The van der Waals surface area contributed by atoms with E-state index in [-0.39, 0.29) is 18.9 Å². The normalized spacial score (nSPS) is 25.0. The van der Waals surface area contributed by atoms with Gasteiger partial charge in [-0.2, -0.15) is 0 Å². The van der Waals surface area contributed by atoms with Crippen LogP contribution in [0.25, 0.3) is 0 Å². The summed E-state index contributed by atoms with van der Waals surface area (Å²) in [6.45, 7) is 2.38. The van der Waals surface area contributed by atoms with Crippen molar-refractivity contribution in [2.75, 3.05) is 19.8 Å². The highest BCUT2D eigenvalue weighted by Crippen LogP contribution is 2.30. The Kier molecular flexibility index (Phi) is 46.3. The van der Waals surface area contributed by atoms with Gasteiger partial charge in [0.25, 0.3) is 0 Å². The summed E-state index contributed by atoms with van der Waals surface area (Å²) in [6.07, 6.45) is 60.9. The van der Waals surface area contributed by atoms with Gasteiger partial charge >= 0.3 is 0 Å². The highest BCUT2D eigenvalue weighted by Gasteiger charge is 2.51. The van der Waals surface area contributed by atoms with E-state index in [1.807, 2.05) is 19.1 Å². The quantitative estimate of drug-likeness (QED) is 0.0204. The fraction of sp³-hybridized carbons (Fsp3) is 0.632. The topological polar surface area (TPSA) is 228 Å². The zero-order valence-electron chi connectivity index (χ0n) is 49.9. The third kappa shape index (κ3) is 35.9. The first-order valence-corrected chi connectivity index (χ1v) is 31.0. The molecule has 12 atom stereocenters. The number of ether oxygens (including phenoxy) is 4. The van der Waals surface area contributed by atoms with E-state index in [2.05, 4.69) is 140 Å². The zero-order chi connectivity index (χ0) is 59.5. The van der Waals surface area contributed by atoms with Crippen LogP contribution in [0, 0.1) is 0 Å².